The molecular weight excluding hydrogens is 306 g/mol. The maximum Gasteiger partial charge on any atom is 0.243 e. The Kier molecular flexibility index (Phi) is 5.91. The molecule has 8 nitrogen and oxygen atoms in total. The van der Waals surface area contributed by atoms with Gasteiger partial charge >= 0.3 is 0 Å². The van der Waals surface area contributed by atoms with E-state index in [9.17, 15) is 4.79 Å². The number of hydrogen-bond acceptors (Lipinski definition) is 4. The maximum atomic E-state index is 12.0. The van der Waals surface area contributed by atoms with Gasteiger partial charge in [-0.05, 0) is 18.2 Å². The second-order valence-electron chi connectivity index (χ2n) is 4.85. The minimum atomic E-state index is -0.203. The van der Waals surface area contributed by atoms with Gasteiger partial charge in [0.1, 0.15) is 12.2 Å². The van der Waals surface area contributed by atoms with Gasteiger partial charge in [-0.2, -0.15) is 5.10 Å². The molecule has 8 heteroatoms. The summed E-state index contributed by atoms with van der Waals surface area (Å²) in [6, 6.07) is 7.10. The highest BCUT2D eigenvalue weighted by Crippen LogP contribution is 2.09. The third kappa shape index (κ3) is 4.84. The predicted molar refractivity (Wildman–Crippen MR) is 92.2 cm³/mol. The zero-order chi connectivity index (χ0) is 17.4. The highest BCUT2D eigenvalue weighted by Gasteiger charge is 2.06. The fraction of sp³-hybridized carbons (Fsp3) is 0.250. The quantitative estimate of drug-likeness (QED) is 0.412. The van der Waals surface area contributed by atoms with E-state index in [1.807, 2.05) is 0 Å². The van der Waals surface area contributed by atoms with E-state index >= 15 is 0 Å². The van der Waals surface area contributed by atoms with Crippen LogP contribution in [0.5, 0.6) is 0 Å². The Labute approximate surface area is 140 Å². The first-order valence-electron chi connectivity index (χ1n) is 7.26. The first-order valence-corrected chi connectivity index (χ1v) is 7.26. The van der Waals surface area contributed by atoms with Crippen LogP contribution >= 0.6 is 0 Å². The molecule has 1 aromatic heterocycles. The number of hydrogen-bond donors (Lipinski definition) is 3. The van der Waals surface area contributed by atoms with E-state index in [1.165, 1.54) is 6.33 Å². The zero-order valence-corrected chi connectivity index (χ0v) is 13.6. The Hall–Kier alpha value is -3.34. The lowest BCUT2D eigenvalue weighted by Crippen LogP contribution is -2.41. The van der Waals surface area contributed by atoms with Gasteiger partial charge in [0.25, 0.3) is 0 Å². The van der Waals surface area contributed by atoms with Gasteiger partial charge in [0.2, 0.25) is 5.91 Å². The summed E-state index contributed by atoms with van der Waals surface area (Å²) in [5, 5.41) is 12.7. The molecule has 0 fully saturated rings. The van der Waals surface area contributed by atoms with E-state index < -0.39 is 0 Å². The van der Waals surface area contributed by atoms with Crippen molar-refractivity contribution in [3.63, 3.8) is 0 Å². The number of aliphatic imine (C=N–C) groups is 1. The number of rotatable bonds is 5. The highest BCUT2D eigenvalue weighted by atomic mass is 16.1. The molecule has 0 atom stereocenters. The van der Waals surface area contributed by atoms with E-state index in [0.717, 1.165) is 5.82 Å². The zero-order valence-electron chi connectivity index (χ0n) is 13.6. The van der Waals surface area contributed by atoms with Gasteiger partial charge in [0.15, 0.2) is 5.96 Å². The largest absolute Gasteiger partial charge is 0.349 e. The van der Waals surface area contributed by atoms with Crippen LogP contribution in [0.1, 0.15) is 11.4 Å². The summed E-state index contributed by atoms with van der Waals surface area (Å²) in [5.74, 6) is 3.57. The van der Waals surface area contributed by atoms with Gasteiger partial charge in [0.05, 0.1) is 13.1 Å². The molecule has 1 heterocycles. The number of aryl methyl sites for hydroxylation is 1. The summed E-state index contributed by atoms with van der Waals surface area (Å²) in [4.78, 5) is 20.1. The molecule has 0 spiro atoms. The molecule has 0 aliphatic rings. The van der Waals surface area contributed by atoms with Gasteiger partial charge in [-0.15, -0.1) is 6.42 Å². The van der Waals surface area contributed by atoms with Gasteiger partial charge in [-0.3, -0.25) is 14.5 Å². The summed E-state index contributed by atoms with van der Waals surface area (Å²) in [5.41, 5.74) is 1.36. The molecule has 0 unspecified atom stereocenters. The number of nitrogens with zero attached hydrogens (tertiary/aromatic N) is 4. The van der Waals surface area contributed by atoms with Crippen molar-refractivity contribution in [1.82, 2.24) is 25.4 Å². The summed E-state index contributed by atoms with van der Waals surface area (Å²) >= 11 is 0. The van der Waals surface area contributed by atoms with Crippen LogP contribution < -0.4 is 16.0 Å². The minimum Gasteiger partial charge on any atom is -0.349 e. The average molecular weight is 325 g/mol. The number of amides is 1. The smallest absolute Gasteiger partial charge is 0.243 e. The summed E-state index contributed by atoms with van der Waals surface area (Å²) in [7, 11) is 3.43. The number of aromatic nitrogens is 3. The number of terminal acetylenes is 1. The van der Waals surface area contributed by atoms with Crippen LogP contribution in [-0.2, 0) is 18.4 Å². The van der Waals surface area contributed by atoms with Gasteiger partial charge < -0.3 is 16.0 Å². The van der Waals surface area contributed by atoms with Crippen molar-refractivity contribution in [1.29, 1.82) is 0 Å². The van der Waals surface area contributed by atoms with Crippen molar-refractivity contribution in [2.24, 2.45) is 12.0 Å². The van der Waals surface area contributed by atoms with Crippen molar-refractivity contribution in [3.8, 4) is 12.3 Å². The standard InChI is InChI=1S/C16H19N7O/c1-4-12-6-5-7-13(8-12)22-15(24)10-19-16(17-2)18-9-14-20-11-21-23(14)3/h1,5-8,11H,9-10H2,2-3H3,(H,22,24)(H2,17,18,19). The molecule has 0 saturated carbocycles. The normalized spacial score (nSPS) is 10.8. The lowest BCUT2D eigenvalue weighted by atomic mass is 10.2. The second kappa shape index (κ2) is 8.33. The molecule has 0 aliphatic heterocycles. The summed E-state index contributed by atoms with van der Waals surface area (Å²) in [6.45, 7) is 0.515. The number of benzene rings is 1. The van der Waals surface area contributed by atoms with E-state index in [2.05, 4.69) is 36.9 Å². The van der Waals surface area contributed by atoms with Crippen LogP contribution in [0.4, 0.5) is 5.69 Å². The van der Waals surface area contributed by atoms with E-state index in [0.29, 0.717) is 23.8 Å². The van der Waals surface area contributed by atoms with Crippen LogP contribution in [0.2, 0.25) is 0 Å². The van der Waals surface area contributed by atoms with Crippen LogP contribution in [0.25, 0.3) is 0 Å². The first-order chi connectivity index (χ1) is 11.6. The van der Waals surface area contributed by atoms with Gasteiger partial charge in [-0.1, -0.05) is 12.0 Å². The second-order valence-corrected chi connectivity index (χ2v) is 4.85. The number of carbonyl (C=O) groups excluding carboxylic acids is 1. The molecule has 1 amide bonds. The predicted octanol–water partition coefficient (Wildman–Crippen LogP) is 0.100. The molecule has 0 radical (unpaired) electrons. The van der Waals surface area contributed by atoms with E-state index in [1.54, 1.807) is 43.0 Å². The number of anilines is 1. The number of carbonyl (C=O) groups is 1. The fourth-order valence-corrected chi connectivity index (χ4v) is 1.92. The van der Waals surface area contributed by atoms with Crippen LogP contribution in [0, 0.1) is 12.3 Å². The van der Waals surface area contributed by atoms with Gasteiger partial charge in [0, 0.05) is 25.3 Å². The summed E-state index contributed by atoms with van der Waals surface area (Å²) in [6.07, 6.45) is 6.82. The van der Waals surface area contributed by atoms with E-state index in [-0.39, 0.29) is 12.5 Å². The third-order valence-corrected chi connectivity index (χ3v) is 3.17. The van der Waals surface area contributed by atoms with E-state index in [4.69, 9.17) is 6.42 Å². The Morgan fingerprint density at radius 2 is 2.25 bits per heavy atom. The highest BCUT2D eigenvalue weighted by molar-refractivity contribution is 5.95. The SMILES string of the molecule is C#Cc1cccc(NC(=O)CNC(=NC)NCc2ncnn2C)c1. The van der Waals surface area contributed by atoms with Gasteiger partial charge in [-0.25, -0.2) is 4.98 Å². The third-order valence-electron chi connectivity index (χ3n) is 3.17. The molecular formula is C16H19N7O. The first kappa shape index (κ1) is 17.0. The minimum absolute atomic E-state index is 0.0682. The number of nitrogens with one attached hydrogen (secondary N) is 3. The van der Waals surface area contributed by atoms with Crippen LogP contribution in [0.15, 0.2) is 35.6 Å². The molecule has 2 rings (SSSR count). The Balaban J connectivity index is 1.81. The maximum absolute atomic E-state index is 12.0. The number of guanidine groups is 1. The molecule has 124 valence electrons. The van der Waals surface area contributed by atoms with Crippen molar-refractivity contribution in [3.05, 3.63) is 42.0 Å². The Morgan fingerprint density at radius 1 is 1.42 bits per heavy atom. The van der Waals surface area contributed by atoms with Crippen molar-refractivity contribution in [2.75, 3.05) is 18.9 Å². The van der Waals surface area contributed by atoms with Crippen molar-refractivity contribution >= 4 is 17.6 Å². The lowest BCUT2D eigenvalue weighted by molar-refractivity contribution is -0.115. The Bertz CT molecular complexity index is 773. The molecule has 0 bridgehead atoms. The monoisotopic (exact) mass is 325 g/mol. The molecule has 2 aromatic rings. The summed E-state index contributed by atoms with van der Waals surface area (Å²) < 4.78 is 1.66. The average Bonchev–Trinajstić information content (AvgIpc) is 3.00. The fourth-order valence-electron chi connectivity index (χ4n) is 1.92. The van der Waals surface area contributed by atoms with Crippen molar-refractivity contribution < 1.29 is 4.79 Å². The molecule has 24 heavy (non-hydrogen) atoms. The molecule has 1 aromatic carbocycles. The van der Waals surface area contributed by atoms with Crippen LogP contribution in [-0.4, -0.2) is 40.2 Å². The topological polar surface area (TPSA) is 96.2 Å². The van der Waals surface area contributed by atoms with Crippen molar-refractivity contribution in [2.45, 2.75) is 6.54 Å². The molecule has 0 aliphatic carbocycles. The lowest BCUT2D eigenvalue weighted by Gasteiger charge is -2.11. The molecule has 3 N–H and O–H groups in total. The van der Waals surface area contributed by atoms with Crippen LogP contribution in [0.3, 0.4) is 0 Å². The molecule has 0 saturated heterocycles. The Morgan fingerprint density at radius 3 is 2.92 bits per heavy atom.